The van der Waals surface area contributed by atoms with Gasteiger partial charge in [0.15, 0.2) is 0 Å². The van der Waals surface area contributed by atoms with Crippen LogP contribution in [0.3, 0.4) is 0 Å². The summed E-state index contributed by atoms with van der Waals surface area (Å²) < 4.78 is 53.5. The Labute approximate surface area is 258 Å². The fourth-order valence-electron chi connectivity index (χ4n) is 8.89. The maximum absolute atomic E-state index is 13.9. The van der Waals surface area contributed by atoms with E-state index in [1.165, 1.54) is 6.07 Å². The van der Waals surface area contributed by atoms with Crippen LogP contribution in [0.4, 0.5) is 13.2 Å². The molecule has 6 fully saturated rings. The highest BCUT2D eigenvalue weighted by atomic mass is 19.4. The summed E-state index contributed by atoms with van der Waals surface area (Å²) in [6, 6.07) is 4.59. The van der Waals surface area contributed by atoms with Crippen molar-refractivity contribution in [3.8, 4) is 0 Å². The summed E-state index contributed by atoms with van der Waals surface area (Å²) in [7, 11) is -0.572. The van der Waals surface area contributed by atoms with Crippen LogP contribution in [-0.2, 0) is 25.1 Å². The summed E-state index contributed by atoms with van der Waals surface area (Å²) in [6.07, 6.45) is 1.12. The first-order chi connectivity index (χ1) is 20.8. The molecule has 6 aliphatic rings. The van der Waals surface area contributed by atoms with E-state index in [0.29, 0.717) is 62.8 Å². The molecule has 1 aromatic carbocycles. The second-order valence-corrected chi connectivity index (χ2v) is 14.4. The third kappa shape index (κ3) is 5.58. The van der Waals surface area contributed by atoms with Crippen LogP contribution in [0, 0.1) is 23.2 Å². The highest BCUT2D eigenvalue weighted by Crippen LogP contribution is 2.65. The van der Waals surface area contributed by atoms with Gasteiger partial charge >= 0.3 is 13.3 Å². The van der Waals surface area contributed by atoms with Gasteiger partial charge < -0.3 is 30.6 Å². The van der Waals surface area contributed by atoms with E-state index in [4.69, 9.17) is 15.0 Å². The zero-order valence-corrected chi connectivity index (χ0v) is 26.0. The third-order valence-corrected chi connectivity index (χ3v) is 11.6. The number of likely N-dealkylation sites (tertiary alicyclic amines) is 1. The van der Waals surface area contributed by atoms with Gasteiger partial charge in [-0.15, -0.1) is 0 Å². The summed E-state index contributed by atoms with van der Waals surface area (Å²) in [5.74, 6) is -0.737. The Morgan fingerprint density at radius 1 is 1.20 bits per heavy atom. The second kappa shape index (κ2) is 11.9. The van der Waals surface area contributed by atoms with Gasteiger partial charge in [0.1, 0.15) is 6.04 Å². The van der Waals surface area contributed by atoms with Crippen molar-refractivity contribution in [2.24, 2.45) is 28.9 Å². The van der Waals surface area contributed by atoms with E-state index in [0.717, 1.165) is 37.8 Å². The number of nitrogens with one attached hydrogen (secondary N) is 2. The van der Waals surface area contributed by atoms with Crippen LogP contribution in [0.5, 0.6) is 0 Å². The number of hydrogen-bond donors (Lipinski definition) is 3. The van der Waals surface area contributed by atoms with Crippen molar-refractivity contribution in [3.05, 3.63) is 35.4 Å². The molecule has 3 saturated heterocycles. The molecule has 0 aromatic heterocycles. The summed E-state index contributed by atoms with van der Waals surface area (Å²) in [6.45, 7) is 8.54. The zero-order valence-electron chi connectivity index (χ0n) is 26.0. The Morgan fingerprint density at radius 2 is 2.00 bits per heavy atom. The summed E-state index contributed by atoms with van der Waals surface area (Å²) in [4.78, 5) is 29.4. The van der Waals surface area contributed by atoms with E-state index in [-0.39, 0.29) is 29.3 Å². The minimum atomic E-state index is -4.46. The lowest BCUT2D eigenvalue weighted by Crippen LogP contribution is -2.65. The van der Waals surface area contributed by atoms with Gasteiger partial charge in [0, 0.05) is 25.6 Å². The van der Waals surface area contributed by atoms with Crippen LogP contribution in [0.25, 0.3) is 0 Å². The molecule has 242 valence electrons. The van der Waals surface area contributed by atoms with E-state index in [2.05, 4.69) is 31.4 Å². The average Bonchev–Trinajstić information content (AvgIpc) is 3.74. The first kappa shape index (κ1) is 31.8. The largest absolute Gasteiger partial charge is 0.481 e. The SMILES string of the molecule is CC1(C)[C@@H]2C[C@H]3OB([C@H](CCCCN)NC(=O)[C@@H]4CCCN4C(=O)[C@H]4CNC[C@@H]4c4cccc(C(F)(F)F)c4)O[C@@]3(C)[C@H]1C2. The van der Waals surface area contributed by atoms with Crippen molar-refractivity contribution in [1.29, 1.82) is 0 Å². The van der Waals surface area contributed by atoms with Crippen molar-refractivity contribution >= 4 is 18.9 Å². The minimum absolute atomic E-state index is 0.00890. The lowest BCUT2D eigenvalue weighted by atomic mass is 9.43. The monoisotopic (exact) mass is 618 g/mol. The first-order valence-electron chi connectivity index (χ1n) is 16.4. The predicted molar refractivity (Wildman–Crippen MR) is 160 cm³/mol. The number of alkyl halides is 3. The van der Waals surface area contributed by atoms with Gasteiger partial charge in [-0.1, -0.05) is 38.5 Å². The standard InChI is InChI=1S/C32H46BF3N4O4/c1-30(2)21-15-25(30)31(3)26(16-21)43-33(44-31)27(11-4-5-12-37)39-28(41)24-10-7-13-40(24)29(42)23-18-38-17-22(23)19-8-6-9-20(14-19)32(34,35)36/h6,8-9,14,21-27,38H,4-5,7,10-13,15-18,37H2,1-3H3,(H,39,41)/t21-,22+,23-,24-,25-,26+,27-,31-/m0/s1. The second-order valence-electron chi connectivity index (χ2n) is 14.4. The fourth-order valence-corrected chi connectivity index (χ4v) is 8.89. The van der Waals surface area contributed by atoms with E-state index in [1.54, 1.807) is 11.0 Å². The molecule has 8 nitrogen and oxygen atoms in total. The lowest BCUT2D eigenvalue weighted by molar-refractivity contribution is -0.199. The molecule has 3 aliphatic heterocycles. The number of nitrogens with zero attached hydrogens (tertiary/aromatic N) is 1. The number of carbonyl (C=O) groups excluding carboxylic acids is 2. The number of amides is 2. The molecule has 0 radical (unpaired) electrons. The Morgan fingerprint density at radius 3 is 2.73 bits per heavy atom. The van der Waals surface area contributed by atoms with Gasteiger partial charge in [-0.05, 0) is 80.9 Å². The number of nitrogens with two attached hydrogens (primary N) is 1. The summed E-state index contributed by atoms with van der Waals surface area (Å²) in [5, 5.41) is 6.41. The molecule has 8 atom stereocenters. The molecule has 2 bridgehead atoms. The highest BCUT2D eigenvalue weighted by molar-refractivity contribution is 6.47. The number of carbonyl (C=O) groups is 2. The Kier molecular flexibility index (Phi) is 8.60. The number of hydrogen-bond acceptors (Lipinski definition) is 6. The maximum Gasteiger partial charge on any atom is 0.481 e. The van der Waals surface area contributed by atoms with Gasteiger partial charge in [0.05, 0.1) is 29.1 Å². The Balaban J connectivity index is 1.15. The van der Waals surface area contributed by atoms with Crippen molar-refractivity contribution in [2.45, 2.75) is 101 Å². The molecule has 12 heteroatoms. The molecule has 3 aliphatic carbocycles. The van der Waals surface area contributed by atoms with Crippen molar-refractivity contribution in [2.75, 3.05) is 26.2 Å². The number of rotatable bonds is 9. The zero-order chi connectivity index (χ0) is 31.4. The van der Waals surface area contributed by atoms with Crippen LogP contribution in [0.1, 0.15) is 82.8 Å². The molecule has 4 N–H and O–H groups in total. The third-order valence-electron chi connectivity index (χ3n) is 11.6. The maximum atomic E-state index is 13.9. The van der Waals surface area contributed by atoms with E-state index in [9.17, 15) is 22.8 Å². The van der Waals surface area contributed by atoms with Crippen LogP contribution in [0.15, 0.2) is 24.3 Å². The molecule has 1 aromatic rings. The predicted octanol–water partition coefficient (Wildman–Crippen LogP) is 3.88. The lowest BCUT2D eigenvalue weighted by Gasteiger charge is -2.64. The molecule has 7 rings (SSSR count). The highest BCUT2D eigenvalue weighted by Gasteiger charge is 2.68. The quantitative estimate of drug-likeness (QED) is 0.287. The van der Waals surface area contributed by atoms with Gasteiger partial charge in [-0.2, -0.15) is 13.2 Å². The summed E-state index contributed by atoms with van der Waals surface area (Å²) in [5.41, 5.74) is 5.34. The molecular formula is C32H46BF3N4O4. The Hall–Kier alpha value is -2.15. The molecule has 3 heterocycles. The van der Waals surface area contributed by atoms with Gasteiger partial charge in [-0.3, -0.25) is 9.59 Å². The fraction of sp³-hybridized carbons (Fsp3) is 0.750. The molecule has 2 amide bonds. The normalized spacial score (nSPS) is 34.9. The molecular weight excluding hydrogens is 572 g/mol. The number of halogens is 3. The average molecular weight is 619 g/mol. The van der Waals surface area contributed by atoms with E-state index in [1.807, 2.05) is 0 Å². The number of unbranched alkanes of at least 4 members (excludes halogenated alkanes) is 1. The molecule has 0 spiro atoms. The smallest absolute Gasteiger partial charge is 0.404 e. The van der Waals surface area contributed by atoms with Crippen LogP contribution in [0.2, 0.25) is 0 Å². The van der Waals surface area contributed by atoms with Gasteiger partial charge in [0.25, 0.3) is 0 Å². The van der Waals surface area contributed by atoms with Crippen LogP contribution < -0.4 is 16.4 Å². The number of benzene rings is 1. The van der Waals surface area contributed by atoms with Gasteiger partial charge in [-0.25, -0.2) is 0 Å². The van der Waals surface area contributed by atoms with Crippen LogP contribution in [-0.4, -0.2) is 73.7 Å². The molecule has 3 saturated carbocycles. The van der Waals surface area contributed by atoms with E-state index < -0.39 is 42.3 Å². The minimum Gasteiger partial charge on any atom is -0.404 e. The van der Waals surface area contributed by atoms with Crippen LogP contribution >= 0.6 is 0 Å². The van der Waals surface area contributed by atoms with Crippen molar-refractivity contribution in [1.82, 2.24) is 15.5 Å². The van der Waals surface area contributed by atoms with Crippen molar-refractivity contribution in [3.63, 3.8) is 0 Å². The molecule has 44 heavy (non-hydrogen) atoms. The Bertz CT molecular complexity index is 1250. The topological polar surface area (TPSA) is 106 Å². The van der Waals surface area contributed by atoms with Gasteiger partial charge in [0.2, 0.25) is 11.8 Å². The van der Waals surface area contributed by atoms with Crippen molar-refractivity contribution < 1.29 is 32.1 Å². The first-order valence-corrected chi connectivity index (χ1v) is 16.4. The van der Waals surface area contributed by atoms with E-state index >= 15 is 0 Å². The molecule has 0 unspecified atom stereocenters. The summed E-state index contributed by atoms with van der Waals surface area (Å²) >= 11 is 0.